The number of hydrogen-bond acceptors (Lipinski definition) is 6. The van der Waals surface area contributed by atoms with Gasteiger partial charge in [0.05, 0.1) is 6.04 Å². The second-order valence-electron chi connectivity index (χ2n) is 8.14. The quantitative estimate of drug-likeness (QED) is 0.810. The Bertz CT molecular complexity index is 994. The number of piperidine rings is 1. The Morgan fingerprint density at radius 1 is 1.21 bits per heavy atom. The van der Waals surface area contributed by atoms with Gasteiger partial charge >= 0.3 is 0 Å². The predicted octanol–water partition coefficient (Wildman–Crippen LogP) is 2.91. The number of carbonyl (C=O) groups excluding carboxylic acids is 1. The summed E-state index contributed by atoms with van der Waals surface area (Å²) in [6, 6.07) is 13.9. The minimum atomic E-state index is -0.0162. The highest BCUT2D eigenvalue weighted by atomic mass is 16.2. The Morgan fingerprint density at radius 3 is 2.79 bits per heavy atom. The lowest BCUT2D eigenvalue weighted by atomic mass is 9.81. The number of hydrogen-bond donors (Lipinski definition) is 0. The number of anilines is 1. The van der Waals surface area contributed by atoms with Crippen molar-refractivity contribution in [2.24, 2.45) is 16.4 Å². The number of hydrazone groups is 1. The summed E-state index contributed by atoms with van der Waals surface area (Å²) >= 11 is 0. The summed E-state index contributed by atoms with van der Waals surface area (Å²) in [5, 5.41) is 15.3. The molecule has 2 aromatic rings. The Kier molecular flexibility index (Phi) is 4.27. The van der Waals surface area contributed by atoms with E-state index in [2.05, 4.69) is 38.2 Å². The van der Waals surface area contributed by atoms with Crippen molar-refractivity contribution in [1.29, 1.82) is 5.26 Å². The van der Waals surface area contributed by atoms with Gasteiger partial charge in [0.25, 0.3) is 0 Å². The van der Waals surface area contributed by atoms with Crippen LogP contribution in [0.1, 0.15) is 43.0 Å². The molecule has 1 saturated heterocycles. The van der Waals surface area contributed by atoms with Gasteiger partial charge in [0.1, 0.15) is 23.9 Å². The lowest BCUT2D eigenvalue weighted by Crippen LogP contribution is -2.48. The zero-order valence-electron chi connectivity index (χ0n) is 16.1. The molecule has 0 bridgehead atoms. The highest BCUT2D eigenvalue weighted by Crippen LogP contribution is 2.57. The Labute approximate surface area is 169 Å². The Hall–Kier alpha value is -3.27. The number of carbonyl (C=O) groups is 1. The van der Waals surface area contributed by atoms with E-state index in [1.165, 1.54) is 6.33 Å². The zero-order chi connectivity index (χ0) is 19.8. The van der Waals surface area contributed by atoms with Crippen molar-refractivity contribution in [3.8, 4) is 6.07 Å². The standard InChI is InChI=1S/C22H22N6O/c23-13-17-12-20(25-15-24-17)27-11-7-18(22(14-27)8-9-22)21(29)28-19(6-10-26-28)16-4-2-1-3-5-16/h1-5,10,12,15,18-19H,6-9,11,14H2. The third-order valence-electron chi connectivity index (χ3n) is 6.45. The fourth-order valence-corrected chi connectivity index (χ4v) is 4.73. The SMILES string of the molecule is N#Cc1cc(N2CCC(C(=O)N3N=CCC3c3ccccc3)C3(CC3)C2)ncn1. The van der Waals surface area contributed by atoms with Crippen LogP contribution in [0.2, 0.25) is 0 Å². The molecule has 1 aromatic heterocycles. The highest BCUT2D eigenvalue weighted by Gasteiger charge is 2.56. The molecule has 2 atom stereocenters. The molecule has 2 aliphatic heterocycles. The van der Waals surface area contributed by atoms with Gasteiger partial charge in [-0.1, -0.05) is 30.3 Å². The molecule has 3 heterocycles. The van der Waals surface area contributed by atoms with E-state index in [-0.39, 0.29) is 23.3 Å². The molecule has 1 saturated carbocycles. The molecule has 5 rings (SSSR count). The number of nitrogens with zero attached hydrogens (tertiary/aromatic N) is 6. The first kappa shape index (κ1) is 17.8. The first-order chi connectivity index (χ1) is 14.2. The van der Waals surface area contributed by atoms with E-state index in [1.54, 1.807) is 11.1 Å². The number of benzene rings is 1. The van der Waals surface area contributed by atoms with Gasteiger partial charge < -0.3 is 4.90 Å². The van der Waals surface area contributed by atoms with Crippen LogP contribution < -0.4 is 4.90 Å². The van der Waals surface area contributed by atoms with Crippen molar-refractivity contribution >= 4 is 17.9 Å². The van der Waals surface area contributed by atoms with Crippen LogP contribution in [0.15, 0.2) is 47.8 Å². The van der Waals surface area contributed by atoms with Gasteiger partial charge in [0, 0.05) is 37.7 Å². The fraction of sp³-hybridized carbons (Fsp3) is 0.409. The van der Waals surface area contributed by atoms with Crippen LogP contribution in [-0.2, 0) is 4.79 Å². The maximum absolute atomic E-state index is 13.5. The van der Waals surface area contributed by atoms with E-state index < -0.39 is 0 Å². The number of aromatic nitrogens is 2. The van der Waals surface area contributed by atoms with E-state index in [0.717, 1.165) is 50.2 Å². The molecule has 1 aliphatic carbocycles. The van der Waals surface area contributed by atoms with E-state index in [9.17, 15) is 4.79 Å². The zero-order valence-corrected chi connectivity index (χ0v) is 16.1. The van der Waals surface area contributed by atoms with Crippen molar-refractivity contribution in [3.05, 3.63) is 54.0 Å². The number of amides is 1. The third-order valence-corrected chi connectivity index (χ3v) is 6.45. The summed E-state index contributed by atoms with van der Waals surface area (Å²) in [6.45, 7) is 1.53. The molecule has 7 heteroatoms. The van der Waals surface area contributed by atoms with Crippen LogP contribution in [0.4, 0.5) is 5.82 Å². The topological polar surface area (TPSA) is 85.5 Å². The second-order valence-corrected chi connectivity index (χ2v) is 8.14. The van der Waals surface area contributed by atoms with E-state index in [1.807, 2.05) is 24.4 Å². The summed E-state index contributed by atoms with van der Waals surface area (Å²) < 4.78 is 0. The molecule has 0 N–H and O–H groups in total. The van der Waals surface area contributed by atoms with Crippen molar-refractivity contribution in [2.45, 2.75) is 31.7 Å². The summed E-state index contributed by atoms with van der Waals surface area (Å²) in [4.78, 5) is 24.0. The van der Waals surface area contributed by atoms with Crippen LogP contribution >= 0.6 is 0 Å². The van der Waals surface area contributed by atoms with Crippen molar-refractivity contribution in [3.63, 3.8) is 0 Å². The molecule has 1 aromatic carbocycles. The third kappa shape index (κ3) is 3.15. The summed E-state index contributed by atoms with van der Waals surface area (Å²) in [7, 11) is 0. The second kappa shape index (κ2) is 6.96. The van der Waals surface area contributed by atoms with Crippen molar-refractivity contribution in [1.82, 2.24) is 15.0 Å². The highest BCUT2D eigenvalue weighted by molar-refractivity contribution is 5.83. The Morgan fingerprint density at radius 2 is 2.03 bits per heavy atom. The van der Waals surface area contributed by atoms with Crippen LogP contribution in [0.25, 0.3) is 0 Å². The molecule has 2 fully saturated rings. The van der Waals surface area contributed by atoms with Crippen LogP contribution in [0.3, 0.4) is 0 Å². The molecule has 0 radical (unpaired) electrons. The largest absolute Gasteiger partial charge is 0.356 e. The molecule has 1 amide bonds. The minimum absolute atomic E-state index is 0.00224. The fourth-order valence-electron chi connectivity index (χ4n) is 4.73. The molecule has 7 nitrogen and oxygen atoms in total. The molecular weight excluding hydrogens is 364 g/mol. The van der Waals surface area contributed by atoms with Gasteiger partial charge in [-0.2, -0.15) is 10.4 Å². The molecule has 2 unspecified atom stereocenters. The molecule has 3 aliphatic rings. The average Bonchev–Trinajstić information content (AvgIpc) is 3.35. The van der Waals surface area contributed by atoms with Crippen molar-refractivity contribution < 1.29 is 4.79 Å². The first-order valence-electron chi connectivity index (χ1n) is 10.1. The molecule has 146 valence electrons. The Balaban J connectivity index is 1.34. The lowest BCUT2D eigenvalue weighted by Gasteiger charge is -2.40. The van der Waals surface area contributed by atoms with Crippen molar-refractivity contribution in [2.75, 3.05) is 18.0 Å². The van der Waals surface area contributed by atoms with Crippen LogP contribution in [0.5, 0.6) is 0 Å². The summed E-state index contributed by atoms with van der Waals surface area (Å²) in [5.74, 6) is 0.901. The predicted molar refractivity (Wildman–Crippen MR) is 108 cm³/mol. The van der Waals surface area contributed by atoms with Gasteiger partial charge in [-0.15, -0.1) is 0 Å². The smallest absolute Gasteiger partial charge is 0.247 e. The normalized spacial score (nSPS) is 24.5. The molecule has 29 heavy (non-hydrogen) atoms. The maximum atomic E-state index is 13.5. The van der Waals surface area contributed by atoms with Gasteiger partial charge in [-0.25, -0.2) is 15.0 Å². The van der Waals surface area contributed by atoms with E-state index in [4.69, 9.17) is 5.26 Å². The van der Waals surface area contributed by atoms with Crippen LogP contribution in [-0.4, -0.2) is 40.2 Å². The van der Waals surface area contributed by atoms with E-state index in [0.29, 0.717) is 5.69 Å². The monoisotopic (exact) mass is 386 g/mol. The molecule has 1 spiro atoms. The van der Waals surface area contributed by atoms with Gasteiger partial charge in [0.15, 0.2) is 0 Å². The molecular formula is C22H22N6O. The summed E-state index contributed by atoms with van der Waals surface area (Å²) in [5.41, 5.74) is 1.49. The lowest BCUT2D eigenvalue weighted by molar-refractivity contribution is -0.140. The van der Waals surface area contributed by atoms with Gasteiger partial charge in [-0.3, -0.25) is 4.79 Å². The maximum Gasteiger partial charge on any atom is 0.247 e. The average molecular weight is 386 g/mol. The van der Waals surface area contributed by atoms with Gasteiger partial charge in [-0.05, 0) is 30.2 Å². The van der Waals surface area contributed by atoms with E-state index >= 15 is 0 Å². The summed E-state index contributed by atoms with van der Waals surface area (Å²) in [6.07, 6.45) is 6.92. The number of rotatable bonds is 3. The van der Waals surface area contributed by atoms with Gasteiger partial charge in [0.2, 0.25) is 5.91 Å². The number of nitriles is 1. The van der Waals surface area contributed by atoms with Crippen LogP contribution in [0, 0.1) is 22.7 Å². The first-order valence-corrected chi connectivity index (χ1v) is 10.1. The minimum Gasteiger partial charge on any atom is -0.356 e.